The number of halogens is 2. The predicted molar refractivity (Wildman–Crippen MR) is 83.0 cm³/mol. The molecule has 2 rings (SSSR count). The minimum atomic E-state index is -3.68. The second kappa shape index (κ2) is 6.53. The van der Waals surface area contributed by atoms with Crippen molar-refractivity contribution in [3.8, 4) is 0 Å². The molecule has 0 radical (unpaired) electrons. The number of nitrogens with zero attached hydrogens (tertiary/aromatic N) is 1. The van der Waals surface area contributed by atoms with E-state index < -0.39 is 10.0 Å². The number of aliphatic hydroxyl groups is 1. The number of thiophene rings is 1. The number of rotatable bonds is 5. The fourth-order valence-electron chi connectivity index (χ4n) is 1.75. The van der Waals surface area contributed by atoms with E-state index >= 15 is 0 Å². The zero-order valence-electron chi connectivity index (χ0n) is 11.1. The smallest absolute Gasteiger partial charge is 0.245 e. The van der Waals surface area contributed by atoms with Crippen molar-refractivity contribution < 1.29 is 17.9 Å². The molecule has 0 saturated carbocycles. The summed E-state index contributed by atoms with van der Waals surface area (Å²) < 4.78 is 39.5. The quantitative estimate of drug-likeness (QED) is 0.849. The lowest BCUT2D eigenvalue weighted by atomic mass is 10.2. The van der Waals surface area contributed by atoms with E-state index in [4.69, 9.17) is 5.11 Å². The van der Waals surface area contributed by atoms with E-state index in [-0.39, 0.29) is 23.9 Å². The summed E-state index contributed by atoms with van der Waals surface area (Å²) in [6.45, 7) is -0.0696. The van der Waals surface area contributed by atoms with Gasteiger partial charge in [0.1, 0.15) is 10.7 Å². The molecule has 4 nitrogen and oxygen atoms in total. The molecule has 1 heterocycles. The standard InChI is InChI=1S/C13H13BrFNO3S2/c1-16(7-9-2-4-10(15)5-3-9)21(18,19)12-6-11(8-17)20-13(12)14/h2-6,17H,7-8H2,1H3. The van der Waals surface area contributed by atoms with Crippen molar-refractivity contribution in [3.63, 3.8) is 0 Å². The van der Waals surface area contributed by atoms with Crippen molar-refractivity contribution in [2.24, 2.45) is 0 Å². The van der Waals surface area contributed by atoms with E-state index in [0.717, 1.165) is 0 Å². The second-order valence-corrected chi connectivity index (χ2v) is 8.86. The monoisotopic (exact) mass is 393 g/mol. The molecule has 0 amide bonds. The van der Waals surface area contributed by atoms with Gasteiger partial charge in [0.25, 0.3) is 0 Å². The maximum Gasteiger partial charge on any atom is 0.245 e. The molecule has 0 unspecified atom stereocenters. The first kappa shape index (κ1) is 16.6. The summed E-state index contributed by atoms with van der Waals surface area (Å²) >= 11 is 4.39. The summed E-state index contributed by atoms with van der Waals surface area (Å²) in [6.07, 6.45) is 0. The fourth-order valence-corrected chi connectivity index (χ4v) is 5.40. The number of hydrogen-bond donors (Lipinski definition) is 1. The fraction of sp³-hybridized carbons (Fsp3) is 0.231. The first-order chi connectivity index (χ1) is 9.84. The van der Waals surface area contributed by atoms with Crippen molar-refractivity contribution in [3.05, 3.63) is 50.4 Å². The van der Waals surface area contributed by atoms with Gasteiger partial charge in [-0.3, -0.25) is 0 Å². The van der Waals surface area contributed by atoms with E-state index in [1.54, 1.807) is 12.1 Å². The van der Waals surface area contributed by atoms with Crippen LogP contribution in [0.15, 0.2) is 39.0 Å². The van der Waals surface area contributed by atoms with Crippen LogP contribution in [0, 0.1) is 5.82 Å². The molecule has 21 heavy (non-hydrogen) atoms. The molecule has 1 aromatic heterocycles. The molecule has 0 spiro atoms. The Morgan fingerprint density at radius 2 is 1.95 bits per heavy atom. The number of aliphatic hydroxyl groups excluding tert-OH is 1. The normalized spacial score (nSPS) is 12.0. The van der Waals surface area contributed by atoms with Gasteiger partial charge in [0.15, 0.2) is 0 Å². The van der Waals surface area contributed by atoms with E-state index in [2.05, 4.69) is 15.9 Å². The largest absolute Gasteiger partial charge is 0.391 e. The van der Waals surface area contributed by atoms with Crippen LogP contribution in [0.3, 0.4) is 0 Å². The van der Waals surface area contributed by atoms with E-state index in [0.29, 0.717) is 14.2 Å². The number of hydrogen-bond acceptors (Lipinski definition) is 4. The average Bonchev–Trinajstić information content (AvgIpc) is 2.83. The Bertz CT molecular complexity index is 728. The Kier molecular flexibility index (Phi) is 5.15. The molecule has 8 heteroatoms. The van der Waals surface area contributed by atoms with Gasteiger partial charge < -0.3 is 5.11 Å². The third-order valence-electron chi connectivity index (χ3n) is 2.87. The Morgan fingerprint density at radius 3 is 2.48 bits per heavy atom. The van der Waals surface area contributed by atoms with Crippen molar-refractivity contribution in [2.75, 3.05) is 7.05 Å². The van der Waals surface area contributed by atoms with E-state index in [1.165, 1.54) is 40.9 Å². The Balaban J connectivity index is 2.25. The zero-order valence-corrected chi connectivity index (χ0v) is 14.3. The Hall–Kier alpha value is -0.800. The third kappa shape index (κ3) is 3.70. The molecule has 1 aromatic carbocycles. The lowest BCUT2D eigenvalue weighted by Gasteiger charge is -2.16. The third-order valence-corrected chi connectivity index (χ3v) is 6.91. The second-order valence-electron chi connectivity index (χ2n) is 4.40. The number of benzene rings is 1. The van der Waals surface area contributed by atoms with Gasteiger partial charge in [-0.15, -0.1) is 11.3 Å². The van der Waals surface area contributed by atoms with Crippen LogP contribution < -0.4 is 0 Å². The predicted octanol–water partition coefficient (Wildman–Crippen LogP) is 2.96. The highest BCUT2D eigenvalue weighted by molar-refractivity contribution is 9.11. The summed E-state index contributed by atoms with van der Waals surface area (Å²) in [5, 5.41) is 9.09. The van der Waals surface area contributed by atoms with E-state index in [9.17, 15) is 12.8 Å². The van der Waals surface area contributed by atoms with Crippen molar-refractivity contribution in [1.29, 1.82) is 0 Å². The molecule has 0 aliphatic heterocycles. The highest BCUT2D eigenvalue weighted by Crippen LogP contribution is 2.33. The van der Waals surface area contributed by atoms with Crippen LogP contribution in [-0.2, 0) is 23.2 Å². The molecule has 2 aromatic rings. The zero-order chi connectivity index (χ0) is 15.6. The van der Waals surface area contributed by atoms with Gasteiger partial charge in [-0.2, -0.15) is 4.31 Å². The molecule has 0 aliphatic carbocycles. The molecule has 0 atom stereocenters. The highest BCUT2D eigenvalue weighted by Gasteiger charge is 2.25. The minimum Gasteiger partial charge on any atom is -0.391 e. The first-order valence-electron chi connectivity index (χ1n) is 5.94. The lowest BCUT2D eigenvalue weighted by Crippen LogP contribution is -2.26. The van der Waals surface area contributed by atoms with Crippen molar-refractivity contribution >= 4 is 37.3 Å². The topological polar surface area (TPSA) is 57.6 Å². The summed E-state index contributed by atoms with van der Waals surface area (Å²) in [5.41, 5.74) is 0.691. The van der Waals surface area contributed by atoms with Crippen molar-refractivity contribution in [1.82, 2.24) is 4.31 Å². The average molecular weight is 394 g/mol. The molecule has 1 N–H and O–H groups in total. The highest BCUT2D eigenvalue weighted by atomic mass is 79.9. The van der Waals surface area contributed by atoms with Crippen LogP contribution in [-0.4, -0.2) is 24.9 Å². The minimum absolute atomic E-state index is 0.126. The summed E-state index contributed by atoms with van der Waals surface area (Å²) in [7, 11) is -2.22. The summed E-state index contributed by atoms with van der Waals surface area (Å²) in [5.74, 6) is -0.363. The summed E-state index contributed by atoms with van der Waals surface area (Å²) in [4.78, 5) is 0.691. The lowest BCUT2D eigenvalue weighted by molar-refractivity contribution is 0.285. The molecular weight excluding hydrogens is 381 g/mol. The van der Waals surface area contributed by atoms with Gasteiger partial charge in [-0.05, 0) is 39.7 Å². The van der Waals surface area contributed by atoms with Crippen LogP contribution in [0.2, 0.25) is 0 Å². The van der Waals surface area contributed by atoms with Gasteiger partial charge in [-0.25, -0.2) is 12.8 Å². The first-order valence-corrected chi connectivity index (χ1v) is 8.99. The van der Waals surface area contributed by atoms with Gasteiger partial charge >= 0.3 is 0 Å². The van der Waals surface area contributed by atoms with Crippen LogP contribution in [0.1, 0.15) is 10.4 Å². The molecule has 0 bridgehead atoms. The van der Waals surface area contributed by atoms with Crippen LogP contribution in [0.5, 0.6) is 0 Å². The molecule has 0 saturated heterocycles. The Morgan fingerprint density at radius 1 is 1.33 bits per heavy atom. The van der Waals surface area contributed by atoms with Gasteiger partial charge in [0, 0.05) is 18.5 Å². The molecule has 114 valence electrons. The van der Waals surface area contributed by atoms with E-state index in [1.807, 2.05) is 0 Å². The molecule has 0 aliphatic rings. The van der Waals surface area contributed by atoms with Gasteiger partial charge in [0.05, 0.1) is 10.4 Å². The molecular formula is C13H13BrFNO3S2. The van der Waals surface area contributed by atoms with Crippen LogP contribution >= 0.6 is 27.3 Å². The maximum atomic E-state index is 12.9. The van der Waals surface area contributed by atoms with Crippen LogP contribution in [0.25, 0.3) is 0 Å². The molecule has 0 fully saturated rings. The maximum absolute atomic E-state index is 12.9. The van der Waals surface area contributed by atoms with Gasteiger partial charge in [0.2, 0.25) is 10.0 Å². The Labute approximate surface area is 135 Å². The van der Waals surface area contributed by atoms with Crippen LogP contribution in [0.4, 0.5) is 4.39 Å². The van der Waals surface area contributed by atoms with Gasteiger partial charge in [-0.1, -0.05) is 12.1 Å². The van der Waals surface area contributed by atoms with Crippen molar-refractivity contribution in [2.45, 2.75) is 18.0 Å². The summed E-state index contributed by atoms with van der Waals surface area (Å²) in [6, 6.07) is 7.12. The SMILES string of the molecule is CN(Cc1ccc(F)cc1)S(=O)(=O)c1cc(CO)sc1Br. The number of sulfonamides is 1.